The number of hydrogen-bond acceptors (Lipinski definition) is 5. The Morgan fingerprint density at radius 1 is 1.47 bits per heavy atom. The van der Waals surface area contributed by atoms with E-state index in [0.29, 0.717) is 18.1 Å². The number of nitrogens with zero attached hydrogens (tertiary/aromatic N) is 2. The van der Waals surface area contributed by atoms with E-state index in [1.165, 1.54) is 0 Å². The van der Waals surface area contributed by atoms with Crippen LogP contribution in [0.25, 0.3) is 0 Å². The van der Waals surface area contributed by atoms with E-state index in [1.54, 1.807) is 0 Å². The van der Waals surface area contributed by atoms with E-state index in [1.807, 2.05) is 20.8 Å². The van der Waals surface area contributed by atoms with E-state index in [9.17, 15) is 4.79 Å². The Morgan fingerprint density at radius 2 is 2.18 bits per heavy atom. The number of amides is 1. The number of carbonyl (C=O) groups is 1. The Labute approximate surface area is 100 Å². The summed E-state index contributed by atoms with van der Waals surface area (Å²) in [7, 11) is 0. The summed E-state index contributed by atoms with van der Waals surface area (Å²) in [5.74, 6) is 0.979. The summed E-state index contributed by atoms with van der Waals surface area (Å²) in [4.78, 5) is 15.5. The fourth-order valence-electron chi connectivity index (χ4n) is 1.17. The first-order valence-corrected chi connectivity index (χ1v) is 5.64. The fourth-order valence-corrected chi connectivity index (χ4v) is 1.17. The van der Waals surface area contributed by atoms with Gasteiger partial charge in [0.1, 0.15) is 0 Å². The van der Waals surface area contributed by atoms with E-state index < -0.39 is 0 Å². The Morgan fingerprint density at radius 3 is 2.71 bits per heavy atom. The molecule has 0 saturated carbocycles. The minimum absolute atomic E-state index is 0.0551. The van der Waals surface area contributed by atoms with Crippen LogP contribution in [0.1, 0.15) is 38.9 Å². The quantitative estimate of drug-likeness (QED) is 0.779. The van der Waals surface area contributed by atoms with Gasteiger partial charge in [-0.1, -0.05) is 25.9 Å². The molecule has 0 atom stereocenters. The molecular weight excluding hydrogens is 222 g/mol. The second-order valence-corrected chi connectivity index (χ2v) is 4.84. The van der Waals surface area contributed by atoms with Gasteiger partial charge < -0.3 is 14.9 Å². The molecule has 96 valence electrons. The summed E-state index contributed by atoms with van der Waals surface area (Å²) >= 11 is 0. The molecule has 0 radical (unpaired) electrons. The van der Waals surface area contributed by atoms with Crippen molar-refractivity contribution < 1.29 is 14.4 Å². The lowest BCUT2D eigenvalue weighted by Crippen LogP contribution is -2.26. The summed E-state index contributed by atoms with van der Waals surface area (Å²) in [6, 6.07) is 0. The van der Waals surface area contributed by atoms with Crippen LogP contribution in [0.4, 0.5) is 0 Å². The maximum Gasteiger partial charge on any atom is 0.227 e. The third-order valence-electron chi connectivity index (χ3n) is 2.14. The summed E-state index contributed by atoms with van der Waals surface area (Å²) < 4.78 is 5.06. The van der Waals surface area contributed by atoms with Gasteiger partial charge in [0.15, 0.2) is 5.82 Å². The Balaban J connectivity index is 2.42. The van der Waals surface area contributed by atoms with E-state index in [4.69, 9.17) is 9.63 Å². The number of aliphatic hydroxyl groups is 1. The third-order valence-corrected chi connectivity index (χ3v) is 2.14. The lowest BCUT2D eigenvalue weighted by atomic mass is 9.96. The SMILES string of the molecule is CC(C)(C)c1noc(CCC(=O)NCCO)n1. The molecule has 1 aromatic heterocycles. The normalized spacial score (nSPS) is 11.5. The molecule has 1 rings (SSSR count). The van der Waals surface area contributed by atoms with Crippen molar-refractivity contribution in [1.82, 2.24) is 15.5 Å². The highest BCUT2D eigenvalue weighted by atomic mass is 16.5. The van der Waals surface area contributed by atoms with Crippen LogP contribution in [0.15, 0.2) is 4.52 Å². The van der Waals surface area contributed by atoms with Gasteiger partial charge in [-0.05, 0) is 0 Å². The average molecular weight is 241 g/mol. The largest absolute Gasteiger partial charge is 0.395 e. The first-order valence-electron chi connectivity index (χ1n) is 5.64. The second-order valence-electron chi connectivity index (χ2n) is 4.84. The molecule has 0 aliphatic rings. The van der Waals surface area contributed by atoms with Gasteiger partial charge in [0.2, 0.25) is 11.8 Å². The average Bonchev–Trinajstić information content (AvgIpc) is 2.71. The van der Waals surface area contributed by atoms with Gasteiger partial charge in [0.05, 0.1) is 6.61 Å². The van der Waals surface area contributed by atoms with E-state index >= 15 is 0 Å². The van der Waals surface area contributed by atoms with Gasteiger partial charge in [-0.25, -0.2) is 0 Å². The van der Waals surface area contributed by atoms with Crippen LogP contribution >= 0.6 is 0 Å². The molecule has 1 heterocycles. The van der Waals surface area contributed by atoms with Crippen LogP contribution in [0, 0.1) is 0 Å². The predicted octanol–water partition coefficient (Wildman–Crippen LogP) is 0.408. The number of aryl methyl sites for hydroxylation is 1. The van der Waals surface area contributed by atoms with Crippen LogP contribution in [0.3, 0.4) is 0 Å². The Hall–Kier alpha value is -1.43. The van der Waals surface area contributed by atoms with E-state index in [2.05, 4.69) is 15.5 Å². The van der Waals surface area contributed by atoms with Crippen molar-refractivity contribution in [1.29, 1.82) is 0 Å². The van der Waals surface area contributed by atoms with Gasteiger partial charge in [0, 0.05) is 24.8 Å². The standard InChI is InChI=1S/C11H19N3O3/c1-11(2,3)10-13-9(17-14-10)5-4-8(16)12-6-7-15/h15H,4-7H2,1-3H3,(H,12,16). The van der Waals surface area contributed by atoms with Crippen molar-refractivity contribution >= 4 is 5.91 Å². The summed E-state index contributed by atoms with van der Waals surface area (Å²) in [5.41, 5.74) is -0.152. The number of aromatic nitrogens is 2. The maximum absolute atomic E-state index is 11.3. The maximum atomic E-state index is 11.3. The minimum atomic E-state index is -0.152. The molecule has 0 unspecified atom stereocenters. The first-order chi connectivity index (χ1) is 7.93. The zero-order chi connectivity index (χ0) is 12.9. The molecule has 1 aromatic rings. The topological polar surface area (TPSA) is 88.2 Å². The van der Waals surface area contributed by atoms with Crippen LogP contribution in [-0.2, 0) is 16.6 Å². The number of aliphatic hydroxyl groups excluding tert-OH is 1. The highest BCUT2D eigenvalue weighted by Gasteiger charge is 2.20. The molecule has 17 heavy (non-hydrogen) atoms. The van der Waals surface area contributed by atoms with Crippen molar-refractivity contribution in [3.63, 3.8) is 0 Å². The van der Waals surface area contributed by atoms with Gasteiger partial charge in [-0.15, -0.1) is 0 Å². The van der Waals surface area contributed by atoms with Gasteiger partial charge >= 0.3 is 0 Å². The molecule has 0 fully saturated rings. The molecule has 0 spiro atoms. The van der Waals surface area contributed by atoms with E-state index in [-0.39, 0.29) is 30.9 Å². The van der Waals surface area contributed by atoms with Gasteiger partial charge in [-0.3, -0.25) is 4.79 Å². The smallest absolute Gasteiger partial charge is 0.227 e. The molecule has 0 aromatic carbocycles. The number of carbonyl (C=O) groups excluding carboxylic acids is 1. The fraction of sp³-hybridized carbons (Fsp3) is 0.727. The zero-order valence-corrected chi connectivity index (χ0v) is 10.5. The zero-order valence-electron chi connectivity index (χ0n) is 10.5. The first kappa shape index (κ1) is 13.6. The molecule has 0 saturated heterocycles. The molecule has 6 heteroatoms. The molecule has 2 N–H and O–H groups in total. The lowest BCUT2D eigenvalue weighted by molar-refractivity contribution is -0.121. The Kier molecular flexibility index (Phi) is 4.62. The van der Waals surface area contributed by atoms with Crippen molar-refractivity contribution in [3.05, 3.63) is 11.7 Å². The predicted molar refractivity (Wildman–Crippen MR) is 61.4 cm³/mol. The monoisotopic (exact) mass is 241 g/mol. The minimum Gasteiger partial charge on any atom is -0.395 e. The van der Waals surface area contributed by atoms with E-state index in [0.717, 1.165) is 0 Å². The van der Waals surface area contributed by atoms with Gasteiger partial charge in [-0.2, -0.15) is 4.98 Å². The lowest BCUT2D eigenvalue weighted by Gasteiger charge is -2.10. The summed E-state index contributed by atoms with van der Waals surface area (Å²) in [6.07, 6.45) is 0.701. The molecular formula is C11H19N3O3. The molecule has 0 bridgehead atoms. The van der Waals surface area contributed by atoms with Crippen molar-refractivity contribution in [2.24, 2.45) is 0 Å². The van der Waals surface area contributed by atoms with Crippen molar-refractivity contribution in [3.8, 4) is 0 Å². The second kappa shape index (κ2) is 5.77. The Bertz CT molecular complexity index is 368. The van der Waals surface area contributed by atoms with Crippen molar-refractivity contribution in [2.75, 3.05) is 13.2 Å². The van der Waals surface area contributed by atoms with Crippen LogP contribution in [0.5, 0.6) is 0 Å². The third kappa shape index (κ3) is 4.52. The van der Waals surface area contributed by atoms with Crippen LogP contribution in [0.2, 0.25) is 0 Å². The number of rotatable bonds is 5. The highest BCUT2D eigenvalue weighted by Crippen LogP contribution is 2.18. The summed E-state index contributed by atoms with van der Waals surface area (Å²) in [5, 5.41) is 15.0. The summed E-state index contributed by atoms with van der Waals surface area (Å²) in [6.45, 7) is 6.21. The highest BCUT2D eigenvalue weighted by molar-refractivity contribution is 5.75. The van der Waals surface area contributed by atoms with Crippen LogP contribution < -0.4 is 5.32 Å². The molecule has 0 aliphatic heterocycles. The van der Waals surface area contributed by atoms with Crippen LogP contribution in [-0.4, -0.2) is 34.3 Å². The molecule has 6 nitrogen and oxygen atoms in total. The molecule has 0 aliphatic carbocycles. The van der Waals surface area contributed by atoms with Crippen molar-refractivity contribution in [2.45, 2.75) is 39.0 Å². The number of hydrogen-bond donors (Lipinski definition) is 2. The van der Waals surface area contributed by atoms with Gasteiger partial charge in [0.25, 0.3) is 0 Å². The molecule has 1 amide bonds. The number of nitrogens with one attached hydrogen (secondary N) is 1.